The molecule has 3 nitrogen and oxygen atoms in total. The number of hydrogen-bond donors (Lipinski definition) is 1. The van der Waals surface area contributed by atoms with Gasteiger partial charge in [-0.05, 0) is 54.2 Å². The number of anilines is 1. The SMILES string of the molecule is Cc1cc(Br)cnc1NC1(C)CCCOC1. The van der Waals surface area contributed by atoms with Crippen LogP contribution in [0.1, 0.15) is 25.3 Å². The molecule has 1 unspecified atom stereocenters. The number of ether oxygens (including phenoxy) is 1. The van der Waals surface area contributed by atoms with Crippen LogP contribution in [0, 0.1) is 6.92 Å². The van der Waals surface area contributed by atoms with Gasteiger partial charge in [-0.1, -0.05) is 0 Å². The summed E-state index contributed by atoms with van der Waals surface area (Å²) in [6.07, 6.45) is 4.06. The first kappa shape index (κ1) is 11.9. The molecule has 1 aromatic heterocycles. The Hall–Kier alpha value is -0.610. The fourth-order valence-corrected chi connectivity index (χ4v) is 2.44. The van der Waals surface area contributed by atoms with Gasteiger partial charge in [0.1, 0.15) is 5.82 Å². The first-order chi connectivity index (χ1) is 7.59. The fraction of sp³-hybridized carbons (Fsp3) is 0.583. The number of halogens is 1. The molecule has 1 aliphatic heterocycles. The molecule has 0 aromatic carbocycles. The van der Waals surface area contributed by atoms with Crippen molar-refractivity contribution in [3.8, 4) is 0 Å². The molecule has 1 aliphatic rings. The van der Waals surface area contributed by atoms with Crippen molar-refractivity contribution in [2.75, 3.05) is 18.5 Å². The largest absolute Gasteiger partial charge is 0.379 e. The molecule has 0 radical (unpaired) electrons. The van der Waals surface area contributed by atoms with Crippen LogP contribution < -0.4 is 5.32 Å². The summed E-state index contributed by atoms with van der Waals surface area (Å²) in [4.78, 5) is 4.40. The second-order valence-corrected chi connectivity index (χ2v) is 5.58. The zero-order valence-electron chi connectivity index (χ0n) is 9.72. The minimum absolute atomic E-state index is 0.0177. The van der Waals surface area contributed by atoms with Gasteiger partial charge in [0.15, 0.2) is 0 Å². The molecule has 88 valence electrons. The maximum Gasteiger partial charge on any atom is 0.129 e. The minimum atomic E-state index is 0.0177. The molecular weight excluding hydrogens is 268 g/mol. The van der Waals surface area contributed by atoms with E-state index in [0.717, 1.165) is 41.9 Å². The van der Waals surface area contributed by atoms with Crippen molar-refractivity contribution in [2.24, 2.45) is 0 Å². The Morgan fingerprint density at radius 1 is 1.56 bits per heavy atom. The number of aromatic nitrogens is 1. The average Bonchev–Trinajstić information content (AvgIpc) is 2.23. The van der Waals surface area contributed by atoms with Crippen molar-refractivity contribution < 1.29 is 4.74 Å². The van der Waals surface area contributed by atoms with E-state index in [1.807, 2.05) is 6.20 Å². The maximum atomic E-state index is 5.52. The smallest absolute Gasteiger partial charge is 0.129 e. The van der Waals surface area contributed by atoms with E-state index in [1.165, 1.54) is 0 Å². The van der Waals surface area contributed by atoms with Gasteiger partial charge in [-0.25, -0.2) is 4.98 Å². The molecule has 0 amide bonds. The molecule has 2 rings (SSSR count). The monoisotopic (exact) mass is 284 g/mol. The number of hydrogen-bond acceptors (Lipinski definition) is 3. The standard InChI is InChI=1S/C12H17BrN2O/c1-9-6-10(13)7-14-11(9)15-12(2)4-3-5-16-8-12/h6-7H,3-5,8H2,1-2H3,(H,14,15). The van der Waals surface area contributed by atoms with Gasteiger partial charge in [0.05, 0.1) is 12.1 Å². The van der Waals surface area contributed by atoms with E-state index >= 15 is 0 Å². The van der Waals surface area contributed by atoms with E-state index in [4.69, 9.17) is 4.74 Å². The topological polar surface area (TPSA) is 34.2 Å². The number of aryl methyl sites for hydroxylation is 1. The zero-order valence-corrected chi connectivity index (χ0v) is 11.3. The third-order valence-corrected chi connectivity index (χ3v) is 3.34. The fourth-order valence-electron chi connectivity index (χ4n) is 1.99. The van der Waals surface area contributed by atoms with Gasteiger partial charge in [0.25, 0.3) is 0 Å². The molecule has 1 N–H and O–H groups in total. The summed E-state index contributed by atoms with van der Waals surface area (Å²) in [5.41, 5.74) is 1.17. The molecule has 0 bridgehead atoms. The van der Waals surface area contributed by atoms with Gasteiger partial charge in [0.2, 0.25) is 0 Å². The van der Waals surface area contributed by atoms with Gasteiger partial charge < -0.3 is 10.1 Å². The molecule has 0 saturated carbocycles. The lowest BCUT2D eigenvalue weighted by Crippen LogP contribution is -2.43. The lowest BCUT2D eigenvalue weighted by molar-refractivity contribution is 0.0538. The van der Waals surface area contributed by atoms with Crippen molar-refractivity contribution in [1.29, 1.82) is 0 Å². The summed E-state index contributed by atoms with van der Waals surface area (Å²) < 4.78 is 6.54. The highest BCUT2D eigenvalue weighted by atomic mass is 79.9. The highest BCUT2D eigenvalue weighted by Gasteiger charge is 2.28. The van der Waals surface area contributed by atoms with E-state index in [1.54, 1.807) is 0 Å². The van der Waals surface area contributed by atoms with Crippen molar-refractivity contribution in [3.63, 3.8) is 0 Å². The second kappa shape index (κ2) is 4.72. The normalized spacial score (nSPS) is 25.4. The minimum Gasteiger partial charge on any atom is -0.379 e. The molecule has 1 atom stereocenters. The Morgan fingerprint density at radius 2 is 2.38 bits per heavy atom. The molecule has 2 heterocycles. The van der Waals surface area contributed by atoms with Crippen molar-refractivity contribution in [2.45, 2.75) is 32.2 Å². The van der Waals surface area contributed by atoms with E-state index in [0.29, 0.717) is 0 Å². The van der Waals surface area contributed by atoms with Gasteiger partial charge in [-0.15, -0.1) is 0 Å². The van der Waals surface area contributed by atoms with Crippen LogP contribution in [0.15, 0.2) is 16.7 Å². The third kappa shape index (κ3) is 2.74. The van der Waals surface area contributed by atoms with Crippen molar-refractivity contribution in [1.82, 2.24) is 4.98 Å². The third-order valence-electron chi connectivity index (χ3n) is 2.90. The van der Waals surface area contributed by atoms with Gasteiger partial charge in [-0.3, -0.25) is 0 Å². The average molecular weight is 285 g/mol. The van der Waals surface area contributed by atoms with Crippen LogP contribution in [0.3, 0.4) is 0 Å². The Labute approximate surface area is 105 Å². The summed E-state index contributed by atoms with van der Waals surface area (Å²) >= 11 is 3.42. The predicted molar refractivity (Wildman–Crippen MR) is 68.8 cm³/mol. The molecule has 4 heteroatoms. The Morgan fingerprint density at radius 3 is 3.00 bits per heavy atom. The van der Waals surface area contributed by atoms with Crippen LogP contribution in [0.2, 0.25) is 0 Å². The molecule has 1 fully saturated rings. The molecule has 16 heavy (non-hydrogen) atoms. The number of nitrogens with zero attached hydrogens (tertiary/aromatic N) is 1. The van der Waals surface area contributed by atoms with Gasteiger partial charge >= 0.3 is 0 Å². The first-order valence-electron chi connectivity index (χ1n) is 5.57. The van der Waals surface area contributed by atoms with E-state index < -0.39 is 0 Å². The molecule has 1 saturated heterocycles. The molecule has 0 spiro atoms. The Kier molecular flexibility index (Phi) is 3.50. The quantitative estimate of drug-likeness (QED) is 0.906. The van der Waals surface area contributed by atoms with Crippen LogP contribution in [-0.2, 0) is 4.74 Å². The number of rotatable bonds is 2. The summed E-state index contributed by atoms with van der Waals surface area (Å²) in [5, 5.41) is 3.50. The van der Waals surface area contributed by atoms with Crippen LogP contribution >= 0.6 is 15.9 Å². The molecule has 1 aromatic rings. The number of nitrogens with one attached hydrogen (secondary N) is 1. The van der Waals surface area contributed by atoms with Crippen molar-refractivity contribution >= 4 is 21.7 Å². The highest BCUT2D eigenvalue weighted by Crippen LogP contribution is 2.25. The van der Waals surface area contributed by atoms with Crippen LogP contribution in [-0.4, -0.2) is 23.7 Å². The van der Waals surface area contributed by atoms with Gasteiger partial charge in [-0.2, -0.15) is 0 Å². The summed E-state index contributed by atoms with van der Waals surface area (Å²) in [7, 11) is 0. The Bertz CT molecular complexity index is 375. The lowest BCUT2D eigenvalue weighted by atomic mass is 9.95. The summed E-state index contributed by atoms with van der Waals surface area (Å²) in [6, 6.07) is 2.07. The number of pyridine rings is 1. The van der Waals surface area contributed by atoms with Crippen LogP contribution in [0.4, 0.5) is 5.82 Å². The predicted octanol–water partition coefficient (Wildman–Crippen LogP) is 3.13. The van der Waals surface area contributed by atoms with Crippen molar-refractivity contribution in [3.05, 3.63) is 22.3 Å². The highest BCUT2D eigenvalue weighted by molar-refractivity contribution is 9.10. The summed E-state index contributed by atoms with van der Waals surface area (Å²) in [5.74, 6) is 0.955. The lowest BCUT2D eigenvalue weighted by Gasteiger charge is -2.35. The summed E-state index contributed by atoms with van der Waals surface area (Å²) in [6.45, 7) is 5.89. The Balaban J connectivity index is 2.13. The zero-order chi connectivity index (χ0) is 11.6. The second-order valence-electron chi connectivity index (χ2n) is 4.66. The van der Waals surface area contributed by atoms with Crippen LogP contribution in [0.5, 0.6) is 0 Å². The van der Waals surface area contributed by atoms with E-state index in [2.05, 4.69) is 46.1 Å². The molecular formula is C12H17BrN2O. The first-order valence-corrected chi connectivity index (χ1v) is 6.36. The maximum absolute atomic E-state index is 5.52. The van der Waals surface area contributed by atoms with E-state index in [-0.39, 0.29) is 5.54 Å². The van der Waals surface area contributed by atoms with Gasteiger partial charge in [0, 0.05) is 17.3 Å². The molecule has 0 aliphatic carbocycles. The van der Waals surface area contributed by atoms with E-state index in [9.17, 15) is 0 Å². The van der Waals surface area contributed by atoms with Crippen LogP contribution in [0.25, 0.3) is 0 Å².